The number of pyridine rings is 1. The van der Waals surface area contributed by atoms with Crippen molar-refractivity contribution in [1.82, 2.24) is 29.7 Å². The first-order valence-corrected chi connectivity index (χ1v) is 11.3. The van der Waals surface area contributed by atoms with E-state index < -0.39 is 0 Å². The second-order valence-electron chi connectivity index (χ2n) is 8.65. The van der Waals surface area contributed by atoms with Crippen LogP contribution in [0.5, 0.6) is 0 Å². The molecular weight excluding hydrogens is 430 g/mol. The zero-order valence-corrected chi connectivity index (χ0v) is 18.8. The van der Waals surface area contributed by atoms with Gasteiger partial charge in [-0.25, -0.2) is 19.6 Å². The maximum Gasteiger partial charge on any atom is 0.225 e. The molecule has 34 heavy (non-hydrogen) atoms. The Kier molecular flexibility index (Phi) is 5.06. The summed E-state index contributed by atoms with van der Waals surface area (Å²) in [5.41, 5.74) is 9.19. The number of anilines is 4. The largest absolute Gasteiger partial charge is 0.376 e. The minimum atomic E-state index is 0.255. The van der Waals surface area contributed by atoms with Crippen molar-refractivity contribution < 1.29 is 4.74 Å². The van der Waals surface area contributed by atoms with Gasteiger partial charge in [0.05, 0.1) is 11.8 Å². The highest BCUT2D eigenvalue weighted by Crippen LogP contribution is 2.32. The summed E-state index contributed by atoms with van der Waals surface area (Å²) in [6, 6.07) is 13.8. The Morgan fingerprint density at radius 3 is 2.62 bits per heavy atom. The van der Waals surface area contributed by atoms with E-state index in [2.05, 4.69) is 35.3 Å². The fraction of sp³-hybridized carbons (Fsp3) is 0.292. The number of hydrogen-bond acceptors (Lipinski definition) is 9. The average molecular weight is 456 g/mol. The number of fused-ring (bicyclic) bond motifs is 1. The minimum absolute atomic E-state index is 0.255. The lowest BCUT2D eigenvalue weighted by Crippen LogP contribution is -2.23. The van der Waals surface area contributed by atoms with Gasteiger partial charge in [0, 0.05) is 61.9 Å². The normalized spacial score (nSPS) is 19.4. The van der Waals surface area contributed by atoms with Gasteiger partial charge in [-0.3, -0.25) is 0 Å². The zero-order chi connectivity index (χ0) is 23.1. The van der Waals surface area contributed by atoms with Crippen LogP contribution in [0.1, 0.15) is 6.42 Å². The molecule has 2 fully saturated rings. The number of nitrogens with zero attached hydrogens (tertiary/aromatic N) is 7. The van der Waals surface area contributed by atoms with Crippen molar-refractivity contribution in [2.45, 2.75) is 12.5 Å². The monoisotopic (exact) mass is 455 g/mol. The van der Waals surface area contributed by atoms with Crippen molar-refractivity contribution in [3.8, 4) is 22.6 Å². The van der Waals surface area contributed by atoms with E-state index in [0.717, 1.165) is 54.4 Å². The molecule has 0 radical (unpaired) electrons. The van der Waals surface area contributed by atoms with Gasteiger partial charge in [0.25, 0.3) is 0 Å². The first kappa shape index (κ1) is 20.5. The van der Waals surface area contributed by atoms with Crippen LogP contribution in [-0.4, -0.2) is 55.5 Å². The van der Waals surface area contributed by atoms with Crippen molar-refractivity contribution in [3.63, 3.8) is 0 Å². The Morgan fingerprint density at radius 1 is 1.00 bits per heavy atom. The Bertz CT molecular complexity index is 1290. The van der Waals surface area contributed by atoms with E-state index >= 15 is 0 Å². The SMILES string of the molecule is Cn1nc(-c2ccc(N3CC4CCOC4C3)nc2)nc1Nc1ccc(-c2ccnc(N)n2)cc1. The molecule has 0 bridgehead atoms. The lowest BCUT2D eigenvalue weighted by Gasteiger charge is -2.18. The summed E-state index contributed by atoms with van der Waals surface area (Å²) in [5.74, 6) is 3.12. The third kappa shape index (κ3) is 3.92. The maximum absolute atomic E-state index is 5.81. The second-order valence-corrected chi connectivity index (χ2v) is 8.65. The van der Waals surface area contributed by atoms with Gasteiger partial charge in [-0.1, -0.05) is 12.1 Å². The summed E-state index contributed by atoms with van der Waals surface area (Å²) in [7, 11) is 1.86. The summed E-state index contributed by atoms with van der Waals surface area (Å²) < 4.78 is 7.53. The van der Waals surface area contributed by atoms with Crippen LogP contribution in [0.15, 0.2) is 54.9 Å². The van der Waals surface area contributed by atoms with Gasteiger partial charge in [-0.2, -0.15) is 4.98 Å². The molecule has 2 aliphatic rings. The van der Waals surface area contributed by atoms with E-state index in [-0.39, 0.29) is 5.95 Å². The standard InChI is InChI=1S/C24H25N9O/c1-32-24(28-18-5-2-15(3-6-18)19-8-10-26-23(25)29-19)30-22(31-32)16-4-7-21(27-12-16)33-13-17-9-11-34-20(17)14-33/h2-8,10,12,17,20H,9,11,13-14H2,1H3,(H2,25,26,29)(H,28,30,31). The van der Waals surface area contributed by atoms with E-state index in [9.17, 15) is 0 Å². The number of aryl methyl sites for hydroxylation is 1. The van der Waals surface area contributed by atoms with Gasteiger partial charge >= 0.3 is 0 Å². The number of ether oxygens (including phenoxy) is 1. The number of nitrogens with two attached hydrogens (primary N) is 1. The van der Waals surface area contributed by atoms with Crippen molar-refractivity contribution in [2.75, 3.05) is 35.6 Å². The van der Waals surface area contributed by atoms with Gasteiger partial charge in [-0.05, 0) is 36.8 Å². The fourth-order valence-corrected chi connectivity index (χ4v) is 4.57. The quantitative estimate of drug-likeness (QED) is 0.468. The highest BCUT2D eigenvalue weighted by Gasteiger charge is 2.37. The first-order valence-electron chi connectivity index (χ1n) is 11.3. The molecule has 0 amide bonds. The molecule has 2 unspecified atom stereocenters. The molecule has 2 aliphatic heterocycles. The summed E-state index contributed by atoms with van der Waals surface area (Å²) >= 11 is 0. The number of benzene rings is 1. The molecule has 3 N–H and O–H groups in total. The Morgan fingerprint density at radius 2 is 1.85 bits per heavy atom. The van der Waals surface area contributed by atoms with Crippen molar-refractivity contribution in [2.24, 2.45) is 13.0 Å². The molecule has 0 spiro atoms. The van der Waals surface area contributed by atoms with Crippen LogP contribution in [0.25, 0.3) is 22.6 Å². The van der Waals surface area contributed by atoms with Gasteiger partial charge in [0.1, 0.15) is 5.82 Å². The first-order chi connectivity index (χ1) is 16.6. The molecule has 10 heteroatoms. The summed E-state index contributed by atoms with van der Waals surface area (Å²) in [6.07, 6.45) is 4.98. The Balaban J connectivity index is 1.15. The molecular formula is C24H25N9O. The van der Waals surface area contributed by atoms with E-state index in [4.69, 9.17) is 10.5 Å². The summed E-state index contributed by atoms with van der Waals surface area (Å²) in [4.78, 5) is 19.8. The van der Waals surface area contributed by atoms with Crippen LogP contribution in [0.4, 0.5) is 23.4 Å². The fourth-order valence-electron chi connectivity index (χ4n) is 4.57. The van der Waals surface area contributed by atoms with E-state index in [1.54, 1.807) is 10.9 Å². The Labute approximate surface area is 196 Å². The molecule has 2 atom stereocenters. The molecule has 5 heterocycles. The smallest absolute Gasteiger partial charge is 0.225 e. The van der Waals surface area contributed by atoms with E-state index in [1.807, 2.05) is 55.7 Å². The zero-order valence-electron chi connectivity index (χ0n) is 18.8. The topological polar surface area (TPSA) is 120 Å². The second kappa shape index (κ2) is 8.38. The minimum Gasteiger partial charge on any atom is -0.376 e. The van der Waals surface area contributed by atoms with Crippen molar-refractivity contribution >= 4 is 23.4 Å². The van der Waals surface area contributed by atoms with Crippen LogP contribution in [0, 0.1) is 5.92 Å². The average Bonchev–Trinajstić information content (AvgIpc) is 3.55. The lowest BCUT2D eigenvalue weighted by molar-refractivity contribution is 0.114. The van der Waals surface area contributed by atoms with Crippen molar-refractivity contribution in [1.29, 1.82) is 0 Å². The predicted octanol–water partition coefficient (Wildman–Crippen LogP) is 2.88. The molecule has 2 saturated heterocycles. The summed E-state index contributed by atoms with van der Waals surface area (Å²) in [5, 5.41) is 7.88. The van der Waals surface area contributed by atoms with Crippen LogP contribution in [0.3, 0.4) is 0 Å². The molecule has 10 nitrogen and oxygen atoms in total. The molecule has 3 aromatic heterocycles. The van der Waals surface area contributed by atoms with Gasteiger partial charge in [0.2, 0.25) is 11.9 Å². The molecule has 172 valence electrons. The van der Waals surface area contributed by atoms with Crippen LogP contribution >= 0.6 is 0 Å². The van der Waals surface area contributed by atoms with Crippen LogP contribution < -0.4 is 16.0 Å². The number of rotatable bonds is 5. The molecule has 0 aliphatic carbocycles. The van der Waals surface area contributed by atoms with E-state index in [0.29, 0.717) is 23.8 Å². The highest BCUT2D eigenvalue weighted by atomic mass is 16.5. The third-order valence-corrected chi connectivity index (χ3v) is 6.41. The predicted molar refractivity (Wildman–Crippen MR) is 129 cm³/mol. The number of hydrogen-bond donors (Lipinski definition) is 2. The van der Waals surface area contributed by atoms with E-state index in [1.165, 1.54) is 0 Å². The van der Waals surface area contributed by atoms with Crippen LogP contribution in [-0.2, 0) is 11.8 Å². The number of nitrogens with one attached hydrogen (secondary N) is 1. The van der Waals surface area contributed by atoms with Crippen LogP contribution in [0.2, 0.25) is 0 Å². The molecule has 4 aromatic rings. The third-order valence-electron chi connectivity index (χ3n) is 6.41. The molecule has 6 rings (SSSR count). The van der Waals surface area contributed by atoms with Gasteiger partial charge < -0.3 is 20.7 Å². The van der Waals surface area contributed by atoms with Gasteiger partial charge in [-0.15, -0.1) is 5.10 Å². The van der Waals surface area contributed by atoms with Gasteiger partial charge in [0.15, 0.2) is 5.82 Å². The highest BCUT2D eigenvalue weighted by molar-refractivity contribution is 5.66. The molecule has 1 aromatic carbocycles. The number of nitrogen functional groups attached to an aromatic ring is 1. The maximum atomic E-state index is 5.81. The lowest BCUT2D eigenvalue weighted by atomic mass is 10.1. The Hall–Kier alpha value is -4.05. The number of aromatic nitrogens is 6. The van der Waals surface area contributed by atoms with Crippen molar-refractivity contribution in [3.05, 3.63) is 54.9 Å². The molecule has 0 saturated carbocycles. The summed E-state index contributed by atoms with van der Waals surface area (Å²) in [6.45, 7) is 2.81.